The molecule has 0 bridgehead atoms. The van der Waals surface area contributed by atoms with Gasteiger partial charge in [0.2, 0.25) is 0 Å². The van der Waals surface area contributed by atoms with Crippen LogP contribution in [-0.4, -0.2) is 24.5 Å². The first-order valence-electron chi connectivity index (χ1n) is 2.75. The van der Waals surface area contributed by atoms with Gasteiger partial charge in [-0.25, -0.2) is 0 Å². The topological polar surface area (TPSA) is 9.23 Å². The van der Waals surface area contributed by atoms with E-state index in [4.69, 9.17) is 0 Å². The van der Waals surface area contributed by atoms with Gasteiger partial charge in [-0.1, -0.05) is 0 Å². The Kier molecular flexibility index (Phi) is 3.76. The number of hydrogen-bond donors (Lipinski definition) is 0. The summed E-state index contributed by atoms with van der Waals surface area (Å²) < 4.78 is 52.6. The van der Waals surface area contributed by atoms with Gasteiger partial charge >= 0.3 is 10.8 Å². The van der Waals surface area contributed by atoms with E-state index in [1.54, 1.807) is 15.9 Å². The second kappa shape index (κ2) is 3.71. The highest BCUT2D eigenvalue weighted by molar-refractivity contribution is 9.10. The van der Waals surface area contributed by atoms with Gasteiger partial charge in [-0.2, -0.15) is 17.6 Å². The van der Waals surface area contributed by atoms with Crippen LogP contribution in [0.2, 0.25) is 0 Å². The summed E-state index contributed by atoms with van der Waals surface area (Å²) in [7, 11) is 1.17. The molecule has 11 heavy (non-hydrogen) atoms. The van der Waals surface area contributed by atoms with Crippen LogP contribution in [0.25, 0.3) is 0 Å². The summed E-state index contributed by atoms with van der Waals surface area (Å²) in [4.78, 5) is -4.15. The van der Waals surface area contributed by atoms with Crippen LogP contribution >= 0.6 is 15.9 Å². The van der Waals surface area contributed by atoms with E-state index in [1.165, 1.54) is 7.11 Å². The van der Waals surface area contributed by atoms with E-state index in [9.17, 15) is 17.6 Å². The van der Waals surface area contributed by atoms with E-state index in [0.717, 1.165) is 0 Å². The van der Waals surface area contributed by atoms with Crippen LogP contribution in [-0.2, 0) is 4.74 Å². The molecule has 68 valence electrons. The van der Waals surface area contributed by atoms with Gasteiger partial charge in [-0.3, -0.25) is 0 Å². The van der Waals surface area contributed by atoms with Gasteiger partial charge in [0.05, 0.1) is 6.61 Å². The summed E-state index contributed by atoms with van der Waals surface area (Å²) in [5.74, 6) is -4.05. The Morgan fingerprint density at radius 1 is 1.27 bits per heavy atom. The molecule has 0 radical (unpaired) electrons. The molecule has 0 atom stereocenters. The summed E-state index contributed by atoms with van der Waals surface area (Å²) in [5, 5.41) is 0. The molecule has 0 rings (SSSR count). The van der Waals surface area contributed by atoms with Crippen molar-refractivity contribution in [2.24, 2.45) is 0 Å². The zero-order valence-electron chi connectivity index (χ0n) is 5.71. The van der Waals surface area contributed by atoms with Crippen molar-refractivity contribution in [3.05, 3.63) is 0 Å². The average Bonchev–Trinajstić information content (AvgIpc) is 1.81. The minimum absolute atomic E-state index is 0.395. The first kappa shape index (κ1) is 11.2. The van der Waals surface area contributed by atoms with Crippen LogP contribution in [0.4, 0.5) is 17.6 Å². The maximum Gasteiger partial charge on any atom is 0.363 e. The monoisotopic (exact) mass is 238 g/mol. The fourth-order valence-electron chi connectivity index (χ4n) is 0.372. The Balaban J connectivity index is 4.00. The molecule has 0 aromatic rings. The molecule has 0 aromatic heterocycles. The van der Waals surface area contributed by atoms with Crippen molar-refractivity contribution in [2.75, 3.05) is 13.7 Å². The van der Waals surface area contributed by atoms with Crippen LogP contribution in [0.15, 0.2) is 0 Å². The van der Waals surface area contributed by atoms with Crippen molar-refractivity contribution < 1.29 is 22.3 Å². The van der Waals surface area contributed by atoms with Gasteiger partial charge in [0.25, 0.3) is 0 Å². The molecule has 0 heterocycles. The summed E-state index contributed by atoms with van der Waals surface area (Å²) in [6.45, 7) is -0.395. The van der Waals surface area contributed by atoms with E-state index in [0.29, 0.717) is 0 Å². The number of alkyl halides is 5. The maximum atomic E-state index is 12.2. The van der Waals surface area contributed by atoms with Crippen molar-refractivity contribution >= 4 is 15.9 Å². The molecule has 0 amide bonds. The zero-order valence-corrected chi connectivity index (χ0v) is 7.30. The molecule has 0 aliphatic rings. The SMILES string of the molecule is COCCC(F)(F)C(F)(F)Br. The molecule has 0 aliphatic carbocycles. The maximum absolute atomic E-state index is 12.2. The molecule has 1 nitrogen and oxygen atoms in total. The summed E-state index contributed by atoms with van der Waals surface area (Å²) in [5.41, 5.74) is 0. The Morgan fingerprint density at radius 3 is 2.00 bits per heavy atom. The highest BCUT2D eigenvalue weighted by Crippen LogP contribution is 2.41. The molecule has 0 N–H and O–H groups in total. The Bertz CT molecular complexity index is 122. The predicted octanol–water partition coefficient (Wildman–Crippen LogP) is 2.65. The molecule has 0 saturated carbocycles. The predicted molar refractivity (Wildman–Crippen MR) is 35.3 cm³/mol. The molecular weight excluding hydrogens is 232 g/mol. The zero-order chi connectivity index (χ0) is 9.12. The van der Waals surface area contributed by atoms with E-state index in [-0.39, 0.29) is 0 Å². The van der Waals surface area contributed by atoms with Crippen LogP contribution in [0.1, 0.15) is 6.42 Å². The quantitative estimate of drug-likeness (QED) is 0.541. The van der Waals surface area contributed by atoms with E-state index in [1.807, 2.05) is 0 Å². The Labute approximate surface area is 69.8 Å². The molecule has 6 heteroatoms. The third kappa shape index (κ3) is 3.37. The first-order chi connectivity index (χ1) is 4.81. The number of halogens is 5. The highest BCUT2D eigenvalue weighted by Gasteiger charge is 2.53. The van der Waals surface area contributed by atoms with Gasteiger partial charge in [0.1, 0.15) is 0 Å². The fraction of sp³-hybridized carbons (Fsp3) is 1.00. The van der Waals surface area contributed by atoms with E-state index < -0.39 is 23.8 Å². The summed E-state index contributed by atoms with van der Waals surface area (Å²) in [6.07, 6.45) is -0.998. The standard InChI is InChI=1S/C5H7BrF4O/c1-11-3-2-4(7,8)5(6,9)10/h2-3H2,1H3. The number of rotatable bonds is 4. The lowest BCUT2D eigenvalue weighted by molar-refractivity contribution is -0.157. The summed E-state index contributed by atoms with van der Waals surface area (Å²) >= 11 is 1.59. The normalized spacial score (nSPS) is 13.6. The molecular formula is C5H7BrF4O. The fourth-order valence-corrected chi connectivity index (χ4v) is 0.570. The van der Waals surface area contributed by atoms with E-state index >= 15 is 0 Å². The molecule has 0 saturated heterocycles. The minimum Gasteiger partial charge on any atom is -0.384 e. The van der Waals surface area contributed by atoms with Crippen LogP contribution in [0, 0.1) is 0 Å². The molecule has 0 aromatic carbocycles. The van der Waals surface area contributed by atoms with Gasteiger partial charge in [-0.15, -0.1) is 0 Å². The lowest BCUT2D eigenvalue weighted by atomic mass is 10.2. The molecule has 0 spiro atoms. The molecule has 0 fully saturated rings. The first-order valence-corrected chi connectivity index (χ1v) is 3.54. The Morgan fingerprint density at radius 2 is 1.73 bits per heavy atom. The van der Waals surface area contributed by atoms with Gasteiger partial charge in [-0.05, 0) is 15.9 Å². The lowest BCUT2D eigenvalue weighted by Crippen LogP contribution is -2.35. The smallest absolute Gasteiger partial charge is 0.363 e. The van der Waals surface area contributed by atoms with Crippen LogP contribution in [0.3, 0.4) is 0 Å². The van der Waals surface area contributed by atoms with Crippen molar-refractivity contribution in [1.82, 2.24) is 0 Å². The minimum atomic E-state index is -4.15. The second-order valence-corrected chi connectivity index (χ2v) is 2.94. The van der Waals surface area contributed by atoms with Gasteiger partial charge in [0.15, 0.2) is 0 Å². The van der Waals surface area contributed by atoms with Crippen molar-refractivity contribution in [1.29, 1.82) is 0 Å². The number of ether oxygens (including phenoxy) is 1. The van der Waals surface area contributed by atoms with Crippen molar-refractivity contribution in [2.45, 2.75) is 17.2 Å². The van der Waals surface area contributed by atoms with Gasteiger partial charge in [0, 0.05) is 13.5 Å². The van der Waals surface area contributed by atoms with E-state index in [2.05, 4.69) is 4.74 Å². The third-order valence-corrected chi connectivity index (χ3v) is 1.61. The van der Waals surface area contributed by atoms with Crippen molar-refractivity contribution in [3.8, 4) is 0 Å². The van der Waals surface area contributed by atoms with Gasteiger partial charge < -0.3 is 4.74 Å². The summed E-state index contributed by atoms with van der Waals surface area (Å²) in [6, 6.07) is 0. The third-order valence-electron chi connectivity index (χ3n) is 1.03. The largest absolute Gasteiger partial charge is 0.384 e. The molecule has 0 unspecified atom stereocenters. The second-order valence-electron chi connectivity index (χ2n) is 1.95. The van der Waals surface area contributed by atoms with Crippen LogP contribution < -0.4 is 0 Å². The molecule has 0 aliphatic heterocycles. The lowest BCUT2D eigenvalue weighted by Gasteiger charge is -2.20. The number of hydrogen-bond acceptors (Lipinski definition) is 1. The average molecular weight is 239 g/mol. The highest BCUT2D eigenvalue weighted by atomic mass is 79.9. The van der Waals surface area contributed by atoms with Crippen molar-refractivity contribution in [3.63, 3.8) is 0 Å². The Hall–Kier alpha value is 0.160. The van der Waals surface area contributed by atoms with Crippen LogP contribution in [0.5, 0.6) is 0 Å². The number of methoxy groups -OCH3 is 1.